The Morgan fingerprint density at radius 2 is 2.21 bits per heavy atom. The Morgan fingerprint density at radius 3 is 2.89 bits per heavy atom. The molecule has 0 aromatic heterocycles. The van der Waals surface area contributed by atoms with E-state index in [1.807, 2.05) is 24.3 Å². The van der Waals surface area contributed by atoms with Crippen LogP contribution in [0.5, 0.6) is 5.75 Å². The molecule has 5 nitrogen and oxygen atoms in total. The van der Waals surface area contributed by atoms with Crippen LogP contribution in [0.25, 0.3) is 0 Å². The average molecular weight is 268 g/mol. The van der Waals surface area contributed by atoms with Crippen molar-refractivity contribution in [1.29, 1.82) is 0 Å². The second-order valence-electron chi connectivity index (χ2n) is 4.16. The first-order valence-corrected chi connectivity index (χ1v) is 6.15. The van der Waals surface area contributed by atoms with Gasteiger partial charge in [0.25, 0.3) is 0 Å². The van der Waals surface area contributed by atoms with Crippen LogP contribution in [0.1, 0.15) is 12.5 Å². The van der Waals surface area contributed by atoms with Crippen molar-refractivity contribution in [2.24, 2.45) is 5.92 Å². The van der Waals surface area contributed by atoms with Gasteiger partial charge in [0, 0.05) is 0 Å². The molecule has 1 atom stereocenters. The quantitative estimate of drug-likeness (QED) is 0.722. The van der Waals surface area contributed by atoms with E-state index in [0.717, 1.165) is 5.56 Å². The van der Waals surface area contributed by atoms with Crippen LogP contribution in [-0.4, -0.2) is 38.0 Å². The lowest BCUT2D eigenvalue weighted by atomic mass is 10.2. The number of aliphatic hydroxyl groups excluding tert-OH is 1. The highest BCUT2D eigenvalue weighted by Crippen LogP contribution is 2.14. The van der Waals surface area contributed by atoms with Gasteiger partial charge in [-0.3, -0.25) is 4.79 Å². The van der Waals surface area contributed by atoms with E-state index < -0.39 is 0 Å². The Kier molecular flexibility index (Phi) is 6.92. The second-order valence-corrected chi connectivity index (χ2v) is 4.16. The molecule has 0 fully saturated rings. The number of aliphatic hydroxyl groups is 1. The first kappa shape index (κ1) is 15.5. The van der Waals surface area contributed by atoms with Crippen molar-refractivity contribution in [2.75, 3.05) is 26.9 Å². The van der Waals surface area contributed by atoms with Crippen molar-refractivity contribution in [2.45, 2.75) is 13.5 Å². The summed E-state index contributed by atoms with van der Waals surface area (Å²) in [5, 5.41) is 8.68. The van der Waals surface area contributed by atoms with E-state index in [2.05, 4.69) is 4.74 Å². The minimum Gasteiger partial charge on any atom is -0.491 e. The summed E-state index contributed by atoms with van der Waals surface area (Å²) in [5.41, 5.74) is 0.951. The summed E-state index contributed by atoms with van der Waals surface area (Å²) in [7, 11) is 1.36. The summed E-state index contributed by atoms with van der Waals surface area (Å²) in [6.45, 7) is 2.72. The number of hydrogen-bond acceptors (Lipinski definition) is 5. The maximum Gasteiger partial charge on any atom is 0.310 e. The molecule has 0 aliphatic rings. The van der Waals surface area contributed by atoms with Crippen molar-refractivity contribution in [3.63, 3.8) is 0 Å². The van der Waals surface area contributed by atoms with Crippen LogP contribution in [-0.2, 0) is 20.9 Å². The summed E-state index contributed by atoms with van der Waals surface area (Å²) in [5.74, 6) is 0.134. The molecule has 0 aliphatic heterocycles. The van der Waals surface area contributed by atoms with E-state index in [-0.39, 0.29) is 25.1 Å². The zero-order valence-corrected chi connectivity index (χ0v) is 11.3. The van der Waals surface area contributed by atoms with E-state index in [0.29, 0.717) is 19.0 Å². The SMILES string of the molecule is COC(=O)[C@@H](C)COCc1cccc(OCCO)c1. The molecule has 0 saturated heterocycles. The first-order chi connectivity index (χ1) is 9.17. The van der Waals surface area contributed by atoms with Gasteiger partial charge in [0.15, 0.2) is 0 Å². The molecular weight excluding hydrogens is 248 g/mol. The van der Waals surface area contributed by atoms with Gasteiger partial charge in [-0.15, -0.1) is 0 Å². The smallest absolute Gasteiger partial charge is 0.310 e. The predicted molar refractivity (Wildman–Crippen MR) is 69.9 cm³/mol. The molecule has 0 bridgehead atoms. The number of carbonyl (C=O) groups is 1. The van der Waals surface area contributed by atoms with Gasteiger partial charge in [-0.1, -0.05) is 12.1 Å². The van der Waals surface area contributed by atoms with Crippen molar-refractivity contribution in [3.8, 4) is 5.75 Å². The number of methoxy groups -OCH3 is 1. The summed E-state index contributed by atoms with van der Waals surface area (Å²) >= 11 is 0. The van der Waals surface area contributed by atoms with Gasteiger partial charge in [-0.25, -0.2) is 0 Å². The molecule has 5 heteroatoms. The third-order valence-electron chi connectivity index (χ3n) is 2.50. The number of carbonyl (C=O) groups excluding carboxylic acids is 1. The molecule has 0 aliphatic carbocycles. The lowest BCUT2D eigenvalue weighted by molar-refractivity contribution is -0.147. The topological polar surface area (TPSA) is 65.0 Å². The van der Waals surface area contributed by atoms with Gasteiger partial charge in [0.2, 0.25) is 0 Å². The normalized spacial score (nSPS) is 11.9. The minimum absolute atomic E-state index is 0.0165. The first-order valence-electron chi connectivity index (χ1n) is 6.15. The molecule has 0 amide bonds. The largest absolute Gasteiger partial charge is 0.491 e. The number of hydrogen-bond donors (Lipinski definition) is 1. The molecule has 0 radical (unpaired) electrons. The number of benzene rings is 1. The molecule has 1 aromatic carbocycles. The summed E-state index contributed by atoms with van der Waals surface area (Å²) in [6, 6.07) is 7.43. The third kappa shape index (κ3) is 5.72. The molecule has 0 unspecified atom stereocenters. The van der Waals surface area contributed by atoms with Gasteiger partial charge in [-0.2, -0.15) is 0 Å². The van der Waals surface area contributed by atoms with E-state index in [9.17, 15) is 4.79 Å². The Hall–Kier alpha value is -1.59. The van der Waals surface area contributed by atoms with Gasteiger partial charge >= 0.3 is 5.97 Å². The van der Waals surface area contributed by atoms with E-state index >= 15 is 0 Å². The lowest BCUT2D eigenvalue weighted by Crippen LogP contribution is -2.18. The molecule has 0 heterocycles. The van der Waals surface area contributed by atoms with Crippen molar-refractivity contribution >= 4 is 5.97 Å². The van der Waals surface area contributed by atoms with Crippen LogP contribution < -0.4 is 4.74 Å². The standard InChI is InChI=1S/C14H20O5/c1-11(14(16)17-2)9-18-10-12-4-3-5-13(8-12)19-7-6-15/h3-5,8,11,15H,6-7,9-10H2,1-2H3/t11-/m0/s1. The molecule has 1 N–H and O–H groups in total. The van der Waals surface area contributed by atoms with Gasteiger partial charge in [-0.05, 0) is 24.6 Å². The highest BCUT2D eigenvalue weighted by atomic mass is 16.5. The molecule has 0 spiro atoms. The third-order valence-corrected chi connectivity index (χ3v) is 2.50. The van der Waals surface area contributed by atoms with E-state index in [1.54, 1.807) is 6.92 Å². The highest BCUT2D eigenvalue weighted by Gasteiger charge is 2.12. The summed E-state index contributed by atoms with van der Waals surface area (Å²) < 4.78 is 15.4. The predicted octanol–water partition coefficient (Wildman–Crippen LogP) is 1.38. The summed E-state index contributed by atoms with van der Waals surface area (Å²) in [4.78, 5) is 11.2. The van der Waals surface area contributed by atoms with Crippen LogP contribution >= 0.6 is 0 Å². The zero-order valence-electron chi connectivity index (χ0n) is 11.3. The van der Waals surface area contributed by atoms with Gasteiger partial charge in [0.05, 0.1) is 32.8 Å². The molecule has 106 valence electrons. The van der Waals surface area contributed by atoms with E-state index in [1.165, 1.54) is 7.11 Å². The van der Waals surface area contributed by atoms with Crippen molar-refractivity contribution in [3.05, 3.63) is 29.8 Å². The lowest BCUT2D eigenvalue weighted by Gasteiger charge is -2.10. The fourth-order valence-electron chi connectivity index (χ4n) is 1.51. The van der Waals surface area contributed by atoms with Crippen molar-refractivity contribution in [1.82, 2.24) is 0 Å². The zero-order chi connectivity index (χ0) is 14.1. The van der Waals surface area contributed by atoms with Crippen LogP contribution in [0.3, 0.4) is 0 Å². The van der Waals surface area contributed by atoms with Crippen LogP contribution in [0.15, 0.2) is 24.3 Å². The van der Waals surface area contributed by atoms with Gasteiger partial charge in [0.1, 0.15) is 12.4 Å². The van der Waals surface area contributed by atoms with Crippen LogP contribution in [0, 0.1) is 5.92 Å². The van der Waals surface area contributed by atoms with Gasteiger partial charge < -0.3 is 19.3 Å². The Labute approximate surface area is 113 Å². The fraction of sp³-hybridized carbons (Fsp3) is 0.500. The Balaban J connectivity index is 2.38. The van der Waals surface area contributed by atoms with Crippen LogP contribution in [0.2, 0.25) is 0 Å². The van der Waals surface area contributed by atoms with Crippen LogP contribution in [0.4, 0.5) is 0 Å². The van der Waals surface area contributed by atoms with E-state index in [4.69, 9.17) is 14.6 Å². The highest BCUT2D eigenvalue weighted by molar-refractivity contribution is 5.71. The molecule has 0 saturated carbocycles. The number of ether oxygens (including phenoxy) is 3. The number of rotatable bonds is 8. The fourth-order valence-corrected chi connectivity index (χ4v) is 1.51. The van der Waals surface area contributed by atoms with Crippen molar-refractivity contribution < 1.29 is 24.1 Å². The second kappa shape index (κ2) is 8.50. The molecular formula is C14H20O5. The Bertz CT molecular complexity index is 391. The monoisotopic (exact) mass is 268 g/mol. The molecule has 19 heavy (non-hydrogen) atoms. The Morgan fingerprint density at radius 1 is 1.42 bits per heavy atom. The molecule has 1 rings (SSSR count). The minimum atomic E-state index is -0.279. The molecule has 1 aromatic rings. The maximum atomic E-state index is 11.2. The maximum absolute atomic E-state index is 11.2. The number of esters is 1. The summed E-state index contributed by atoms with van der Waals surface area (Å²) in [6.07, 6.45) is 0. The average Bonchev–Trinajstić information content (AvgIpc) is 2.44.